The van der Waals surface area contributed by atoms with Crippen molar-refractivity contribution < 1.29 is 4.79 Å². The molecule has 3 heteroatoms. The zero-order chi connectivity index (χ0) is 9.84. The number of carbonyl (C=O) groups is 1. The number of anilines is 1. The molecule has 1 aromatic rings. The van der Waals surface area contributed by atoms with E-state index >= 15 is 0 Å². The molecule has 0 aliphatic heterocycles. The summed E-state index contributed by atoms with van der Waals surface area (Å²) in [6.07, 6.45) is 0. The lowest BCUT2D eigenvalue weighted by molar-refractivity contribution is -0.117. The fourth-order valence-corrected chi connectivity index (χ4v) is 1.46. The second kappa shape index (κ2) is 4.60. The first-order valence-corrected chi connectivity index (χ1v) is 5.34. The minimum atomic E-state index is 0.0165. The molecule has 0 radical (unpaired) electrons. The molecule has 0 aliphatic rings. The van der Waals surface area contributed by atoms with Gasteiger partial charge in [0.05, 0.1) is 3.92 Å². The molecule has 1 amide bonds. The van der Waals surface area contributed by atoms with Gasteiger partial charge in [-0.15, -0.1) is 0 Å². The van der Waals surface area contributed by atoms with E-state index < -0.39 is 0 Å². The molecule has 0 heterocycles. The van der Waals surface area contributed by atoms with E-state index in [1.807, 2.05) is 37.3 Å². The van der Waals surface area contributed by atoms with E-state index in [-0.39, 0.29) is 9.83 Å². The minimum absolute atomic E-state index is 0.0165. The number of hydrogen-bond acceptors (Lipinski definition) is 1. The molecule has 0 N–H and O–H groups in total. The monoisotopic (exact) mass is 289 g/mol. The van der Waals surface area contributed by atoms with Gasteiger partial charge in [0, 0.05) is 12.7 Å². The Morgan fingerprint density at radius 2 is 1.92 bits per heavy atom. The fourth-order valence-electron chi connectivity index (χ4n) is 1.05. The van der Waals surface area contributed by atoms with E-state index in [2.05, 4.69) is 22.6 Å². The molecule has 0 bridgehead atoms. The SMILES string of the molecule is CC(I)C(=O)N(C)c1ccccc1. The van der Waals surface area contributed by atoms with E-state index in [4.69, 9.17) is 0 Å². The molecule has 1 aromatic carbocycles. The van der Waals surface area contributed by atoms with Crippen LogP contribution in [0.5, 0.6) is 0 Å². The van der Waals surface area contributed by atoms with Crippen molar-refractivity contribution in [1.29, 1.82) is 0 Å². The Kier molecular flexibility index (Phi) is 3.71. The standard InChI is InChI=1S/C10H12INO/c1-8(11)10(13)12(2)9-6-4-3-5-7-9/h3-8H,1-2H3. The van der Waals surface area contributed by atoms with Crippen LogP contribution in [0.4, 0.5) is 5.69 Å². The van der Waals surface area contributed by atoms with Crippen LogP contribution in [0, 0.1) is 0 Å². The number of carbonyl (C=O) groups excluding carboxylic acids is 1. The Morgan fingerprint density at radius 1 is 1.38 bits per heavy atom. The van der Waals surface area contributed by atoms with Gasteiger partial charge < -0.3 is 4.90 Å². The Balaban J connectivity index is 2.80. The van der Waals surface area contributed by atoms with Crippen LogP contribution >= 0.6 is 22.6 Å². The number of alkyl halides is 1. The van der Waals surface area contributed by atoms with Crippen molar-refractivity contribution in [3.8, 4) is 0 Å². The molecular weight excluding hydrogens is 277 g/mol. The fraction of sp³-hybridized carbons (Fsp3) is 0.300. The third-order valence-electron chi connectivity index (χ3n) is 1.81. The molecule has 0 aliphatic carbocycles. The van der Waals surface area contributed by atoms with E-state index in [0.717, 1.165) is 5.69 Å². The van der Waals surface area contributed by atoms with Crippen molar-refractivity contribution in [2.75, 3.05) is 11.9 Å². The van der Waals surface area contributed by atoms with Gasteiger partial charge in [0.15, 0.2) is 0 Å². The molecule has 0 spiro atoms. The van der Waals surface area contributed by atoms with Crippen molar-refractivity contribution in [1.82, 2.24) is 0 Å². The van der Waals surface area contributed by atoms with Gasteiger partial charge in [-0.3, -0.25) is 4.79 Å². The minimum Gasteiger partial charge on any atom is -0.315 e. The molecule has 0 saturated heterocycles. The molecule has 0 saturated carbocycles. The number of halogens is 1. The molecule has 0 fully saturated rings. The van der Waals surface area contributed by atoms with Crippen molar-refractivity contribution in [2.24, 2.45) is 0 Å². The van der Waals surface area contributed by atoms with Crippen molar-refractivity contribution in [3.63, 3.8) is 0 Å². The molecule has 1 atom stereocenters. The highest BCUT2D eigenvalue weighted by molar-refractivity contribution is 14.1. The van der Waals surface area contributed by atoms with E-state index in [9.17, 15) is 4.79 Å². The first kappa shape index (κ1) is 10.5. The summed E-state index contributed by atoms with van der Waals surface area (Å²) < 4.78 is 0.0165. The molecule has 2 nitrogen and oxygen atoms in total. The highest BCUT2D eigenvalue weighted by atomic mass is 127. The van der Waals surface area contributed by atoms with Crippen LogP contribution < -0.4 is 4.90 Å². The van der Waals surface area contributed by atoms with Crippen molar-refractivity contribution in [3.05, 3.63) is 30.3 Å². The largest absolute Gasteiger partial charge is 0.315 e. The number of hydrogen-bond donors (Lipinski definition) is 0. The highest BCUT2D eigenvalue weighted by Gasteiger charge is 2.14. The van der Waals surface area contributed by atoms with Gasteiger partial charge in [0.2, 0.25) is 5.91 Å². The summed E-state index contributed by atoms with van der Waals surface area (Å²) in [5, 5.41) is 0. The zero-order valence-electron chi connectivity index (χ0n) is 7.70. The van der Waals surface area contributed by atoms with Crippen LogP contribution in [0.1, 0.15) is 6.92 Å². The van der Waals surface area contributed by atoms with E-state index in [0.29, 0.717) is 0 Å². The maximum absolute atomic E-state index is 11.6. The second-order valence-corrected chi connectivity index (χ2v) is 4.72. The third kappa shape index (κ3) is 2.69. The first-order chi connectivity index (χ1) is 6.13. The summed E-state index contributed by atoms with van der Waals surface area (Å²) in [7, 11) is 1.80. The highest BCUT2D eigenvalue weighted by Crippen LogP contribution is 2.14. The topological polar surface area (TPSA) is 20.3 Å². The Labute approximate surface area is 92.1 Å². The Hall–Kier alpha value is -0.580. The average Bonchev–Trinajstić information content (AvgIpc) is 2.17. The number of para-hydroxylation sites is 1. The maximum atomic E-state index is 11.6. The Morgan fingerprint density at radius 3 is 2.38 bits per heavy atom. The zero-order valence-corrected chi connectivity index (χ0v) is 9.86. The molecular formula is C10H12INO. The van der Waals surface area contributed by atoms with Crippen LogP contribution in [0.3, 0.4) is 0 Å². The molecule has 0 aromatic heterocycles. The van der Waals surface area contributed by atoms with Gasteiger partial charge in [-0.05, 0) is 19.1 Å². The van der Waals surface area contributed by atoms with Gasteiger partial charge in [-0.1, -0.05) is 40.8 Å². The number of nitrogens with zero attached hydrogens (tertiary/aromatic N) is 1. The van der Waals surface area contributed by atoms with Gasteiger partial charge >= 0.3 is 0 Å². The number of amides is 1. The molecule has 70 valence electrons. The summed E-state index contributed by atoms with van der Waals surface area (Å²) in [5.74, 6) is 0.131. The number of rotatable bonds is 2. The lowest BCUT2D eigenvalue weighted by Crippen LogP contribution is -2.31. The van der Waals surface area contributed by atoms with Crippen molar-refractivity contribution in [2.45, 2.75) is 10.8 Å². The van der Waals surface area contributed by atoms with Crippen LogP contribution in [0.25, 0.3) is 0 Å². The molecule has 1 unspecified atom stereocenters. The Bertz CT molecular complexity index is 284. The normalized spacial score (nSPS) is 12.2. The summed E-state index contributed by atoms with van der Waals surface area (Å²) in [6, 6.07) is 9.65. The van der Waals surface area contributed by atoms with E-state index in [1.165, 1.54) is 0 Å². The van der Waals surface area contributed by atoms with Crippen molar-refractivity contribution >= 4 is 34.2 Å². The maximum Gasteiger partial charge on any atom is 0.239 e. The summed E-state index contributed by atoms with van der Waals surface area (Å²) in [5.41, 5.74) is 0.941. The predicted octanol–water partition coefficient (Wildman–Crippen LogP) is 2.47. The first-order valence-electron chi connectivity index (χ1n) is 4.09. The van der Waals surface area contributed by atoms with Gasteiger partial charge in [0.25, 0.3) is 0 Å². The van der Waals surface area contributed by atoms with Crippen LogP contribution in [0.15, 0.2) is 30.3 Å². The average molecular weight is 289 g/mol. The smallest absolute Gasteiger partial charge is 0.239 e. The summed E-state index contributed by atoms with van der Waals surface area (Å²) in [4.78, 5) is 13.2. The third-order valence-corrected chi connectivity index (χ3v) is 2.35. The van der Waals surface area contributed by atoms with Crippen LogP contribution in [-0.4, -0.2) is 16.9 Å². The lowest BCUT2D eigenvalue weighted by atomic mass is 10.3. The van der Waals surface area contributed by atoms with Crippen LogP contribution in [0.2, 0.25) is 0 Å². The summed E-state index contributed by atoms with van der Waals surface area (Å²) >= 11 is 2.12. The molecule has 1 rings (SSSR count). The van der Waals surface area contributed by atoms with Gasteiger partial charge in [-0.2, -0.15) is 0 Å². The van der Waals surface area contributed by atoms with Gasteiger partial charge in [-0.25, -0.2) is 0 Å². The lowest BCUT2D eigenvalue weighted by Gasteiger charge is -2.18. The second-order valence-electron chi connectivity index (χ2n) is 2.85. The summed E-state index contributed by atoms with van der Waals surface area (Å²) in [6.45, 7) is 1.89. The van der Waals surface area contributed by atoms with Gasteiger partial charge in [0.1, 0.15) is 0 Å². The number of benzene rings is 1. The van der Waals surface area contributed by atoms with E-state index in [1.54, 1.807) is 11.9 Å². The quantitative estimate of drug-likeness (QED) is 0.605. The van der Waals surface area contributed by atoms with Crippen LogP contribution in [-0.2, 0) is 4.79 Å². The molecule has 13 heavy (non-hydrogen) atoms. The predicted molar refractivity (Wildman–Crippen MR) is 63.3 cm³/mol.